The van der Waals surface area contributed by atoms with E-state index in [9.17, 15) is 8.42 Å². The maximum Gasteiger partial charge on any atom is 0.215 e. The molecule has 0 radical (unpaired) electrons. The van der Waals surface area contributed by atoms with Crippen LogP contribution in [0.4, 0.5) is 0 Å². The molecule has 0 saturated carbocycles. The molecule has 2 rings (SSSR count). The Morgan fingerprint density at radius 2 is 1.83 bits per heavy atom. The van der Waals surface area contributed by atoms with Crippen LogP contribution in [0.15, 0.2) is 24.3 Å². The van der Waals surface area contributed by atoms with Crippen molar-refractivity contribution in [3.05, 3.63) is 29.8 Å². The van der Waals surface area contributed by atoms with Gasteiger partial charge in [-0.2, -0.15) is 4.31 Å². The van der Waals surface area contributed by atoms with E-state index in [1.807, 2.05) is 45.0 Å². The fourth-order valence-electron chi connectivity index (χ4n) is 2.79. The maximum atomic E-state index is 12.4. The first-order valence-electron chi connectivity index (χ1n) is 8.46. The highest BCUT2D eigenvalue weighted by Crippen LogP contribution is 2.15. The predicted octanol–water partition coefficient (Wildman–Crippen LogP) is 1.61. The summed E-state index contributed by atoms with van der Waals surface area (Å²) in [5.74, 6) is 0.947. The van der Waals surface area contributed by atoms with Crippen LogP contribution in [0, 0.1) is 0 Å². The van der Waals surface area contributed by atoms with Crippen LogP contribution >= 0.6 is 0 Å². The third-order valence-corrected chi connectivity index (χ3v) is 5.68. The minimum atomic E-state index is -3.25. The van der Waals surface area contributed by atoms with Crippen LogP contribution < -0.4 is 10.1 Å². The molecule has 0 amide bonds. The van der Waals surface area contributed by atoms with E-state index in [2.05, 4.69) is 5.32 Å². The van der Waals surface area contributed by atoms with Crippen molar-refractivity contribution in [2.24, 2.45) is 0 Å². The molecule has 1 aromatic carbocycles. The van der Waals surface area contributed by atoms with E-state index in [-0.39, 0.29) is 18.0 Å². The average molecular weight is 356 g/mol. The largest absolute Gasteiger partial charge is 0.494 e. The van der Waals surface area contributed by atoms with E-state index in [1.165, 1.54) is 0 Å². The van der Waals surface area contributed by atoms with Crippen molar-refractivity contribution in [2.45, 2.75) is 39.5 Å². The number of morpholine rings is 1. The van der Waals surface area contributed by atoms with E-state index < -0.39 is 10.0 Å². The third-order valence-electron chi connectivity index (χ3n) is 3.88. The second kappa shape index (κ2) is 8.80. The molecule has 0 bridgehead atoms. The van der Waals surface area contributed by atoms with Crippen LogP contribution in [0.25, 0.3) is 0 Å². The second-order valence-electron chi connectivity index (χ2n) is 6.14. The van der Waals surface area contributed by atoms with Gasteiger partial charge in [-0.05, 0) is 38.5 Å². The molecule has 24 heavy (non-hydrogen) atoms. The fraction of sp³-hybridized carbons (Fsp3) is 0.647. The Labute approximate surface area is 145 Å². The molecule has 0 aromatic heterocycles. The molecular formula is C17H28N2O4S. The van der Waals surface area contributed by atoms with Crippen LogP contribution in [0.1, 0.15) is 26.3 Å². The number of nitrogens with zero attached hydrogens (tertiary/aromatic N) is 1. The summed E-state index contributed by atoms with van der Waals surface area (Å²) in [6, 6.07) is 7.82. The summed E-state index contributed by atoms with van der Waals surface area (Å²) in [6.07, 6.45) is -0.110. The van der Waals surface area contributed by atoms with Crippen molar-refractivity contribution in [2.75, 3.05) is 32.0 Å². The lowest BCUT2D eigenvalue weighted by molar-refractivity contribution is -0.0440. The molecule has 0 aliphatic carbocycles. The van der Waals surface area contributed by atoms with Crippen LogP contribution in [0.2, 0.25) is 0 Å². The number of benzene rings is 1. The standard InChI is InChI=1S/C17H28N2O4S/c1-4-22-17-7-5-16(6-8-17)11-18-9-10-24(20,21)19-12-14(2)23-15(3)13-19/h5-8,14-15,18H,4,9-13H2,1-3H3. The lowest BCUT2D eigenvalue weighted by Gasteiger charge is -2.34. The van der Waals surface area contributed by atoms with Gasteiger partial charge in [-0.15, -0.1) is 0 Å². The van der Waals surface area contributed by atoms with Gasteiger partial charge < -0.3 is 14.8 Å². The van der Waals surface area contributed by atoms with E-state index in [0.717, 1.165) is 11.3 Å². The molecule has 1 fully saturated rings. The Morgan fingerprint density at radius 1 is 1.21 bits per heavy atom. The van der Waals surface area contributed by atoms with Gasteiger partial charge >= 0.3 is 0 Å². The Hall–Kier alpha value is -1.15. The number of hydrogen-bond acceptors (Lipinski definition) is 5. The van der Waals surface area contributed by atoms with Crippen LogP contribution in [0.5, 0.6) is 5.75 Å². The molecule has 7 heteroatoms. The van der Waals surface area contributed by atoms with E-state index >= 15 is 0 Å². The lowest BCUT2D eigenvalue weighted by Crippen LogP contribution is -2.49. The van der Waals surface area contributed by atoms with Gasteiger partial charge in [0, 0.05) is 26.2 Å². The minimum absolute atomic E-state index is 0.0552. The maximum absolute atomic E-state index is 12.4. The molecule has 1 heterocycles. The van der Waals surface area contributed by atoms with Gasteiger partial charge in [0.25, 0.3) is 0 Å². The predicted molar refractivity (Wildman–Crippen MR) is 94.7 cm³/mol. The normalized spacial score (nSPS) is 22.5. The Bertz CT molecular complexity index is 594. The first-order valence-corrected chi connectivity index (χ1v) is 10.1. The van der Waals surface area contributed by atoms with Crippen molar-refractivity contribution in [1.29, 1.82) is 0 Å². The van der Waals surface area contributed by atoms with Crippen molar-refractivity contribution in [3.8, 4) is 5.75 Å². The average Bonchev–Trinajstić information content (AvgIpc) is 2.52. The summed E-state index contributed by atoms with van der Waals surface area (Å²) in [5.41, 5.74) is 1.10. The summed E-state index contributed by atoms with van der Waals surface area (Å²) < 4.78 is 37.4. The monoisotopic (exact) mass is 356 g/mol. The van der Waals surface area contributed by atoms with Gasteiger partial charge in [0.2, 0.25) is 10.0 Å². The smallest absolute Gasteiger partial charge is 0.215 e. The molecule has 0 spiro atoms. The molecule has 6 nitrogen and oxygen atoms in total. The van der Waals surface area contributed by atoms with E-state index in [4.69, 9.17) is 9.47 Å². The first kappa shape index (κ1) is 19.2. The molecule has 1 aliphatic rings. The summed E-state index contributed by atoms with van der Waals surface area (Å²) in [5, 5.41) is 3.19. The summed E-state index contributed by atoms with van der Waals surface area (Å²) in [4.78, 5) is 0. The molecule has 2 atom stereocenters. The zero-order valence-electron chi connectivity index (χ0n) is 14.7. The lowest BCUT2D eigenvalue weighted by atomic mass is 10.2. The van der Waals surface area contributed by atoms with Crippen LogP contribution in [-0.4, -0.2) is 56.9 Å². The Balaban J connectivity index is 1.76. The highest BCUT2D eigenvalue weighted by Gasteiger charge is 2.30. The van der Waals surface area contributed by atoms with E-state index in [0.29, 0.717) is 32.8 Å². The zero-order chi connectivity index (χ0) is 17.6. The van der Waals surface area contributed by atoms with E-state index in [1.54, 1.807) is 4.31 Å². The van der Waals surface area contributed by atoms with Crippen molar-refractivity contribution in [1.82, 2.24) is 9.62 Å². The van der Waals surface area contributed by atoms with Crippen LogP contribution in [0.3, 0.4) is 0 Å². The first-order chi connectivity index (χ1) is 11.4. The quantitative estimate of drug-likeness (QED) is 0.717. The molecule has 1 N–H and O–H groups in total. The number of rotatable bonds is 8. The van der Waals surface area contributed by atoms with Gasteiger partial charge in [0.05, 0.1) is 24.6 Å². The minimum Gasteiger partial charge on any atom is -0.494 e. The molecular weight excluding hydrogens is 328 g/mol. The Morgan fingerprint density at radius 3 is 2.42 bits per heavy atom. The zero-order valence-corrected chi connectivity index (χ0v) is 15.5. The molecule has 136 valence electrons. The summed E-state index contributed by atoms with van der Waals surface area (Å²) >= 11 is 0. The van der Waals surface area contributed by atoms with Crippen molar-refractivity contribution in [3.63, 3.8) is 0 Å². The van der Waals surface area contributed by atoms with Gasteiger partial charge in [0.15, 0.2) is 0 Å². The van der Waals surface area contributed by atoms with Gasteiger partial charge in [-0.1, -0.05) is 12.1 Å². The molecule has 1 aromatic rings. The van der Waals surface area contributed by atoms with Gasteiger partial charge in [0.1, 0.15) is 5.75 Å². The third kappa shape index (κ3) is 5.73. The van der Waals surface area contributed by atoms with Crippen molar-refractivity contribution < 1.29 is 17.9 Å². The Kier molecular flexibility index (Phi) is 7.03. The number of sulfonamides is 1. The molecule has 1 aliphatic heterocycles. The summed E-state index contributed by atoms with van der Waals surface area (Å²) in [7, 11) is -3.25. The fourth-order valence-corrected chi connectivity index (χ4v) is 4.33. The van der Waals surface area contributed by atoms with Crippen LogP contribution in [-0.2, 0) is 21.3 Å². The number of nitrogens with one attached hydrogen (secondary N) is 1. The number of hydrogen-bond donors (Lipinski definition) is 1. The topological polar surface area (TPSA) is 67.9 Å². The molecule has 1 saturated heterocycles. The highest BCUT2D eigenvalue weighted by atomic mass is 32.2. The SMILES string of the molecule is CCOc1ccc(CNCCS(=O)(=O)N2CC(C)OC(C)C2)cc1. The summed E-state index contributed by atoms with van der Waals surface area (Å²) in [6.45, 7) is 8.34. The second-order valence-corrected chi connectivity index (χ2v) is 8.23. The highest BCUT2D eigenvalue weighted by molar-refractivity contribution is 7.89. The van der Waals surface area contributed by atoms with Gasteiger partial charge in [-0.3, -0.25) is 0 Å². The van der Waals surface area contributed by atoms with Crippen molar-refractivity contribution >= 4 is 10.0 Å². The van der Waals surface area contributed by atoms with Gasteiger partial charge in [-0.25, -0.2) is 8.42 Å². The molecule has 2 unspecified atom stereocenters. The number of ether oxygens (including phenoxy) is 2.